The lowest BCUT2D eigenvalue weighted by atomic mass is 10.1. The Morgan fingerprint density at radius 1 is 1.14 bits per heavy atom. The first-order valence-corrected chi connectivity index (χ1v) is 14.5. The minimum Gasteiger partial charge on any atom is -0.354 e. The van der Waals surface area contributed by atoms with Crippen LogP contribution >= 0.6 is 0 Å². The molecule has 0 aromatic carbocycles. The zero-order valence-electron chi connectivity index (χ0n) is 24.8. The number of imidazole rings is 1. The number of amides is 4. The second kappa shape index (κ2) is 10.0. The number of urea groups is 1. The fraction of sp³-hybridized carbons (Fsp3) is 0.400. The standard InChI is InChI=1S/C30H31FN10O3/c1-16-7-8-32-28(33-16)30(31)11-21(30)27(43)37-23-10-24(35-17(2)34-23)38(3)13-20-14-40-12-19(18-5-6-18)9-22(26(40)36-20)41-15-25(42)39(4)29(41)44/h7-10,12,14,18,21H,5-6,11,13,15H2,1-4H3,(H,34,35,37,43). The highest BCUT2D eigenvalue weighted by atomic mass is 19.1. The molecule has 13 nitrogen and oxygen atoms in total. The summed E-state index contributed by atoms with van der Waals surface area (Å²) in [6, 6.07) is 4.91. The lowest BCUT2D eigenvalue weighted by Gasteiger charge is -2.18. The van der Waals surface area contributed by atoms with Gasteiger partial charge in [-0.25, -0.2) is 34.1 Å². The van der Waals surface area contributed by atoms with Crippen LogP contribution in [0, 0.1) is 19.8 Å². The molecule has 2 atom stereocenters. The SMILES string of the molecule is Cc1ccnc(C2(F)CC2C(=O)Nc2cc(N(C)Cc3cn4cc(C5CC5)cc(N5CC(=O)N(C)C5=O)c4n3)nc(C)n2)n1. The normalized spacial score (nSPS) is 21.3. The van der Waals surface area contributed by atoms with E-state index in [1.54, 1.807) is 26.0 Å². The number of pyridine rings is 1. The molecule has 3 fully saturated rings. The Balaban J connectivity index is 1.11. The highest BCUT2D eigenvalue weighted by Gasteiger charge is 2.63. The van der Waals surface area contributed by atoms with Crippen LogP contribution in [0.2, 0.25) is 0 Å². The summed E-state index contributed by atoms with van der Waals surface area (Å²) in [6.45, 7) is 3.79. The van der Waals surface area contributed by atoms with Gasteiger partial charge in [-0.3, -0.25) is 19.4 Å². The van der Waals surface area contributed by atoms with E-state index in [1.807, 2.05) is 34.8 Å². The zero-order chi connectivity index (χ0) is 30.9. The smallest absolute Gasteiger partial charge is 0.331 e. The molecule has 4 aromatic rings. The summed E-state index contributed by atoms with van der Waals surface area (Å²) in [5.74, 6) is 0.00629. The first-order chi connectivity index (χ1) is 21.0. The number of alkyl halides is 1. The fourth-order valence-electron chi connectivity index (χ4n) is 5.64. The molecule has 4 amide bonds. The monoisotopic (exact) mass is 598 g/mol. The van der Waals surface area contributed by atoms with E-state index in [2.05, 4.69) is 25.3 Å². The van der Waals surface area contributed by atoms with E-state index >= 15 is 4.39 Å². The van der Waals surface area contributed by atoms with Crippen molar-refractivity contribution in [3.05, 3.63) is 65.4 Å². The number of carbonyl (C=O) groups is 3. The molecule has 0 bridgehead atoms. The molecule has 4 aromatic heterocycles. The largest absolute Gasteiger partial charge is 0.354 e. The first-order valence-electron chi connectivity index (χ1n) is 14.5. The third kappa shape index (κ3) is 4.89. The van der Waals surface area contributed by atoms with Crippen LogP contribution in [0.25, 0.3) is 5.65 Å². The number of nitrogens with one attached hydrogen (secondary N) is 1. The summed E-state index contributed by atoms with van der Waals surface area (Å²) < 4.78 is 17.3. The molecular formula is C30H31FN10O3. The van der Waals surface area contributed by atoms with Gasteiger partial charge in [0.15, 0.2) is 17.1 Å². The molecule has 1 aliphatic heterocycles. The summed E-state index contributed by atoms with van der Waals surface area (Å²) >= 11 is 0. The van der Waals surface area contributed by atoms with Gasteiger partial charge in [0, 0.05) is 50.9 Å². The van der Waals surface area contributed by atoms with Gasteiger partial charge in [0.1, 0.15) is 24.0 Å². The predicted molar refractivity (Wildman–Crippen MR) is 158 cm³/mol. The summed E-state index contributed by atoms with van der Waals surface area (Å²) in [7, 11) is 3.32. The number of imide groups is 1. The van der Waals surface area contributed by atoms with Crippen LogP contribution in [-0.4, -0.2) is 72.7 Å². The molecule has 226 valence electrons. The summed E-state index contributed by atoms with van der Waals surface area (Å²) in [5, 5.41) is 2.74. The number of hydrogen-bond acceptors (Lipinski definition) is 9. The van der Waals surface area contributed by atoms with Crippen LogP contribution < -0.4 is 15.1 Å². The van der Waals surface area contributed by atoms with Crippen molar-refractivity contribution in [1.82, 2.24) is 34.2 Å². The van der Waals surface area contributed by atoms with Crippen LogP contribution in [0.15, 0.2) is 36.8 Å². The quantitative estimate of drug-likeness (QED) is 0.303. The third-order valence-corrected chi connectivity index (χ3v) is 8.37. The lowest BCUT2D eigenvalue weighted by Crippen LogP contribution is -2.30. The molecule has 7 rings (SSSR count). The number of aromatic nitrogens is 6. The topological polar surface area (TPSA) is 142 Å². The number of likely N-dealkylation sites (N-methyl/N-ethyl adjacent to an activating group) is 1. The van der Waals surface area contributed by atoms with Gasteiger partial charge in [-0.15, -0.1) is 0 Å². The molecule has 0 spiro atoms. The molecule has 1 saturated heterocycles. The maximum absolute atomic E-state index is 15.4. The third-order valence-electron chi connectivity index (χ3n) is 8.37. The maximum atomic E-state index is 15.4. The maximum Gasteiger partial charge on any atom is 0.331 e. The number of fused-ring (bicyclic) bond motifs is 1. The fourth-order valence-corrected chi connectivity index (χ4v) is 5.64. The van der Waals surface area contributed by atoms with E-state index in [-0.39, 0.29) is 36.5 Å². The number of nitrogens with zero attached hydrogens (tertiary/aromatic N) is 9. The molecule has 0 radical (unpaired) electrons. The van der Waals surface area contributed by atoms with Crippen molar-refractivity contribution < 1.29 is 18.8 Å². The van der Waals surface area contributed by atoms with Crippen LogP contribution in [0.1, 0.15) is 53.8 Å². The van der Waals surface area contributed by atoms with Crippen LogP contribution in [0.4, 0.5) is 26.5 Å². The molecule has 5 heterocycles. The second-order valence-corrected chi connectivity index (χ2v) is 11.9. The second-order valence-electron chi connectivity index (χ2n) is 11.9. The summed E-state index contributed by atoms with van der Waals surface area (Å²) in [6.07, 6.45) is 7.60. The summed E-state index contributed by atoms with van der Waals surface area (Å²) in [5.41, 5.74) is 1.74. The Bertz CT molecular complexity index is 1860. The summed E-state index contributed by atoms with van der Waals surface area (Å²) in [4.78, 5) is 64.5. The molecule has 44 heavy (non-hydrogen) atoms. The van der Waals surface area contributed by atoms with Gasteiger partial charge in [0.2, 0.25) is 11.8 Å². The molecule has 2 saturated carbocycles. The van der Waals surface area contributed by atoms with E-state index in [0.717, 1.165) is 23.3 Å². The minimum absolute atomic E-state index is 0.00488. The number of hydrogen-bond donors (Lipinski definition) is 1. The van der Waals surface area contributed by atoms with E-state index in [4.69, 9.17) is 4.98 Å². The number of aryl methyl sites for hydroxylation is 2. The molecule has 14 heteroatoms. The number of rotatable bonds is 8. The van der Waals surface area contributed by atoms with Crippen molar-refractivity contribution >= 4 is 40.8 Å². The van der Waals surface area contributed by atoms with Gasteiger partial charge in [-0.1, -0.05) is 0 Å². The van der Waals surface area contributed by atoms with E-state index < -0.39 is 17.5 Å². The van der Waals surface area contributed by atoms with E-state index in [0.29, 0.717) is 46.8 Å². The van der Waals surface area contributed by atoms with E-state index in [1.165, 1.54) is 18.1 Å². The number of carbonyl (C=O) groups excluding carboxylic acids is 3. The van der Waals surface area contributed by atoms with Crippen molar-refractivity contribution in [3.63, 3.8) is 0 Å². The molecule has 2 unspecified atom stereocenters. The van der Waals surface area contributed by atoms with Gasteiger partial charge in [0.25, 0.3) is 0 Å². The van der Waals surface area contributed by atoms with Gasteiger partial charge >= 0.3 is 6.03 Å². The Labute approximate surface area is 252 Å². The van der Waals surface area contributed by atoms with Crippen LogP contribution in [0.3, 0.4) is 0 Å². The average molecular weight is 599 g/mol. The Morgan fingerprint density at radius 3 is 2.64 bits per heavy atom. The lowest BCUT2D eigenvalue weighted by molar-refractivity contribution is -0.124. The Kier molecular flexibility index (Phi) is 6.34. The average Bonchev–Trinajstić information content (AvgIpc) is 3.89. The van der Waals surface area contributed by atoms with Gasteiger partial charge in [0.05, 0.1) is 23.8 Å². The van der Waals surface area contributed by atoms with Gasteiger partial charge < -0.3 is 14.6 Å². The van der Waals surface area contributed by atoms with Crippen molar-refractivity contribution in [3.8, 4) is 0 Å². The molecular weight excluding hydrogens is 567 g/mol. The minimum atomic E-state index is -1.90. The van der Waals surface area contributed by atoms with E-state index in [9.17, 15) is 14.4 Å². The van der Waals surface area contributed by atoms with Gasteiger partial charge in [-0.2, -0.15) is 0 Å². The highest BCUT2D eigenvalue weighted by molar-refractivity contribution is 6.13. The van der Waals surface area contributed by atoms with Crippen molar-refractivity contribution in [2.75, 3.05) is 35.8 Å². The van der Waals surface area contributed by atoms with Crippen molar-refractivity contribution in [2.24, 2.45) is 5.92 Å². The highest BCUT2D eigenvalue weighted by Crippen LogP contribution is 2.54. The zero-order valence-corrected chi connectivity index (χ0v) is 24.8. The Hall–Kier alpha value is -5.01. The first kappa shape index (κ1) is 27.8. The predicted octanol–water partition coefficient (Wildman–Crippen LogP) is 3.27. The van der Waals surface area contributed by atoms with Crippen LogP contribution in [-0.2, 0) is 21.8 Å². The molecule has 1 N–H and O–H groups in total. The molecule has 3 aliphatic rings. The number of anilines is 3. The number of halogens is 1. The molecule has 2 aliphatic carbocycles. The van der Waals surface area contributed by atoms with Gasteiger partial charge in [-0.05, 0) is 50.3 Å². The van der Waals surface area contributed by atoms with Crippen LogP contribution in [0.5, 0.6) is 0 Å². The van der Waals surface area contributed by atoms with Crippen molar-refractivity contribution in [1.29, 1.82) is 0 Å². The van der Waals surface area contributed by atoms with Crippen molar-refractivity contribution in [2.45, 2.75) is 51.2 Å². The Morgan fingerprint density at radius 2 is 1.93 bits per heavy atom.